The van der Waals surface area contributed by atoms with Gasteiger partial charge >= 0.3 is 0 Å². The molecule has 1 aromatic heterocycles. The Bertz CT molecular complexity index is 288. The van der Waals surface area contributed by atoms with Crippen LogP contribution in [0.3, 0.4) is 0 Å². The summed E-state index contributed by atoms with van der Waals surface area (Å²) in [5, 5.41) is 16.7. The molecule has 0 unspecified atom stereocenters. The second kappa shape index (κ2) is 5.26. The smallest absolute Gasteiger partial charge is 0.0827 e. The summed E-state index contributed by atoms with van der Waals surface area (Å²) >= 11 is 0. The fourth-order valence-corrected chi connectivity index (χ4v) is 1.46. The van der Waals surface area contributed by atoms with Gasteiger partial charge in [0.25, 0.3) is 0 Å². The maximum Gasteiger partial charge on any atom is 0.0827 e. The maximum absolute atomic E-state index is 8.72. The van der Waals surface area contributed by atoms with Crippen LogP contribution in [-0.2, 0) is 13.0 Å². The van der Waals surface area contributed by atoms with Gasteiger partial charge in [-0.2, -0.15) is 0 Å². The number of aliphatic hydroxyl groups is 1. The van der Waals surface area contributed by atoms with E-state index in [0.717, 1.165) is 18.5 Å². The molecule has 0 amide bonds. The number of hydrogen-bond donors (Lipinski definition) is 1. The zero-order valence-electron chi connectivity index (χ0n) is 9.90. The summed E-state index contributed by atoms with van der Waals surface area (Å²) in [6, 6.07) is 0. The van der Waals surface area contributed by atoms with Crippen LogP contribution in [-0.4, -0.2) is 26.7 Å². The molecule has 0 aliphatic rings. The standard InChI is InChI=1S/C11H21N3O/c1-11(2,3)6-4-5-10-9-14(7-8-15)13-12-10/h9,15H,4-8H2,1-3H3. The number of nitrogens with zero attached hydrogens (tertiary/aromatic N) is 3. The van der Waals surface area contributed by atoms with E-state index in [0.29, 0.717) is 12.0 Å². The molecule has 1 heterocycles. The largest absolute Gasteiger partial charge is 0.394 e. The van der Waals surface area contributed by atoms with Gasteiger partial charge in [0.15, 0.2) is 0 Å². The summed E-state index contributed by atoms with van der Waals surface area (Å²) in [5.41, 5.74) is 1.41. The number of rotatable bonds is 5. The van der Waals surface area contributed by atoms with Crippen molar-refractivity contribution in [2.45, 2.75) is 46.6 Å². The van der Waals surface area contributed by atoms with Crippen molar-refractivity contribution in [1.82, 2.24) is 15.0 Å². The highest BCUT2D eigenvalue weighted by molar-refractivity contribution is 4.92. The highest BCUT2D eigenvalue weighted by Gasteiger charge is 2.10. The number of hydrogen-bond acceptors (Lipinski definition) is 3. The molecule has 0 aliphatic carbocycles. The molecule has 4 nitrogen and oxygen atoms in total. The zero-order valence-corrected chi connectivity index (χ0v) is 9.90. The maximum atomic E-state index is 8.72. The number of aryl methyl sites for hydroxylation is 1. The van der Waals surface area contributed by atoms with Crippen molar-refractivity contribution in [2.24, 2.45) is 5.41 Å². The molecule has 0 aromatic carbocycles. The Labute approximate surface area is 91.3 Å². The Hall–Kier alpha value is -0.900. The lowest BCUT2D eigenvalue weighted by atomic mass is 9.89. The third-order valence-corrected chi connectivity index (χ3v) is 2.27. The number of aromatic nitrogens is 3. The van der Waals surface area contributed by atoms with Crippen molar-refractivity contribution in [3.8, 4) is 0 Å². The predicted octanol–water partition coefficient (Wildman–Crippen LogP) is 1.64. The zero-order chi connectivity index (χ0) is 11.3. The van der Waals surface area contributed by atoms with Gasteiger partial charge in [0.2, 0.25) is 0 Å². The van der Waals surface area contributed by atoms with Crippen LogP contribution in [0.2, 0.25) is 0 Å². The lowest BCUT2D eigenvalue weighted by Crippen LogP contribution is -2.05. The van der Waals surface area contributed by atoms with Crippen LogP contribution in [0, 0.1) is 5.41 Å². The van der Waals surface area contributed by atoms with Crippen molar-refractivity contribution < 1.29 is 5.11 Å². The Morgan fingerprint density at radius 3 is 2.73 bits per heavy atom. The highest BCUT2D eigenvalue weighted by Crippen LogP contribution is 2.21. The summed E-state index contributed by atoms with van der Waals surface area (Å²) in [4.78, 5) is 0. The fraction of sp³-hybridized carbons (Fsp3) is 0.818. The van der Waals surface area contributed by atoms with Crippen molar-refractivity contribution in [1.29, 1.82) is 0 Å². The Morgan fingerprint density at radius 2 is 2.13 bits per heavy atom. The minimum absolute atomic E-state index is 0.116. The molecule has 0 saturated heterocycles. The van der Waals surface area contributed by atoms with E-state index in [-0.39, 0.29) is 6.61 Å². The topological polar surface area (TPSA) is 50.9 Å². The first kappa shape index (κ1) is 12.2. The predicted molar refractivity (Wildman–Crippen MR) is 59.5 cm³/mol. The van der Waals surface area contributed by atoms with Crippen LogP contribution in [0.25, 0.3) is 0 Å². The van der Waals surface area contributed by atoms with Gasteiger partial charge in [-0.1, -0.05) is 26.0 Å². The van der Waals surface area contributed by atoms with E-state index in [1.807, 2.05) is 6.20 Å². The van der Waals surface area contributed by atoms with Gasteiger partial charge in [0, 0.05) is 6.20 Å². The molecule has 0 atom stereocenters. The molecule has 1 N–H and O–H groups in total. The lowest BCUT2D eigenvalue weighted by molar-refractivity contribution is 0.268. The lowest BCUT2D eigenvalue weighted by Gasteiger charge is -2.16. The normalized spacial score (nSPS) is 12.0. The third-order valence-electron chi connectivity index (χ3n) is 2.27. The van der Waals surface area contributed by atoms with Gasteiger partial charge in [-0.3, -0.25) is 0 Å². The summed E-state index contributed by atoms with van der Waals surface area (Å²) in [7, 11) is 0. The first-order chi connectivity index (χ1) is 7.01. The molecule has 0 spiro atoms. The fourth-order valence-electron chi connectivity index (χ4n) is 1.46. The Balaban J connectivity index is 2.31. The second-order valence-corrected chi connectivity index (χ2v) is 5.11. The van der Waals surface area contributed by atoms with Gasteiger partial charge in [-0.25, -0.2) is 4.68 Å². The van der Waals surface area contributed by atoms with E-state index in [2.05, 4.69) is 31.1 Å². The first-order valence-electron chi connectivity index (χ1n) is 5.51. The van der Waals surface area contributed by atoms with E-state index < -0.39 is 0 Å². The molecule has 0 aliphatic heterocycles. The summed E-state index contributed by atoms with van der Waals surface area (Å²) < 4.78 is 1.69. The molecule has 1 rings (SSSR count). The second-order valence-electron chi connectivity index (χ2n) is 5.11. The molecule has 0 saturated carbocycles. The van der Waals surface area contributed by atoms with Crippen molar-refractivity contribution in [2.75, 3.05) is 6.61 Å². The molecular formula is C11H21N3O. The molecule has 4 heteroatoms. The monoisotopic (exact) mass is 211 g/mol. The summed E-state index contributed by atoms with van der Waals surface area (Å²) in [6.45, 7) is 7.39. The Morgan fingerprint density at radius 1 is 1.40 bits per heavy atom. The van der Waals surface area contributed by atoms with E-state index in [1.54, 1.807) is 4.68 Å². The number of aliphatic hydroxyl groups excluding tert-OH is 1. The van der Waals surface area contributed by atoms with E-state index in [1.165, 1.54) is 6.42 Å². The molecule has 0 fully saturated rings. The van der Waals surface area contributed by atoms with Gasteiger partial charge in [0.05, 0.1) is 18.8 Å². The van der Waals surface area contributed by atoms with Gasteiger partial charge in [-0.05, 0) is 24.7 Å². The Kier molecular flexibility index (Phi) is 4.27. The van der Waals surface area contributed by atoms with Crippen LogP contribution in [0.1, 0.15) is 39.3 Å². The van der Waals surface area contributed by atoms with Crippen molar-refractivity contribution in [3.05, 3.63) is 11.9 Å². The minimum Gasteiger partial charge on any atom is -0.394 e. The van der Waals surface area contributed by atoms with Gasteiger partial charge in [0.1, 0.15) is 0 Å². The van der Waals surface area contributed by atoms with E-state index in [9.17, 15) is 0 Å². The highest BCUT2D eigenvalue weighted by atomic mass is 16.3. The van der Waals surface area contributed by atoms with E-state index >= 15 is 0 Å². The van der Waals surface area contributed by atoms with Crippen LogP contribution in [0.4, 0.5) is 0 Å². The minimum atomic E-state index is 0.116. The third kappa shape index (κ3) is 4.93. The molecule has 0 bridgehead atoms. The summed E-state index contributed by atoms with van der Waals surface area (Å²) in [6.07, 6.45) is 5.22. The average molecular weight is 211 g/mol. The van der Waals surface area contributed by atoms with Crippen molar-refractivity contribution >= 4 is 0 Å². The first-order valence-corrected chi connectivity index (χ1v) is 5.51. The quantitative estimate of drug-likeness (QED) is 0.805. The summed E-state index contributed by atoms with van der Waals surface area (Å²) in [5.74, 6) is 0. The van der Waals surface area contributed by atoms with E-state index in [4.69, 9.17) is 5.11 Å². The molecule has 86 valence electrons. The van der Waals surface area contributed by atoms with Crippen LogP contribution >= 0.6 is 0 Å². The van der Waals surface area contributed by atoms with Crippen molar-refractivity contribution in [3.63, 3.8) is 0 Å². The molecule has 1 aromatic rings. The van der Waals surface area contributed by atoms with Gasteiger partial charge < -0.3 is 5.11 Å². The SMILES string of the molecule is CC(C)(C)CCCc1cn(CCO)nn1. The molecule has 15 heavy (non-hydrogen) atoms. The van der Waals surface area contributed by atoms with Gasteiger partial charge in [-0.15, -0.1) is 5.10 Å². The average Bonchev–Trinajstić information content (AvgIpc) is 2.51. The van der Waals surface area contributed by atoms with Crippen LogP contribution < -0.4 is 0 Å². The van der Waals surface area contributed by atoms with Crippen LogP contribution in [0.5, 0.6) is 0 Å². The molecular weight excluding hydrogens is 190 g/mol. The molecule has 0 radical (unpaired) electrons. The van der Waals surface area contributed by atoms with Crippen LogP contribution in [0.15, 0.2) is 6.20 Å².